The lowest BCUT2D eigenvalue weighted by molar-refractivity contribution is -0.113. The molecule has 0 aliphatic rings. The first-order valence-corrected chi connectivity index (χ1v) is 11.5. The molecule has 172 valence electrons. The van der Waals surface area contributed by atoms with Gasteiger partial charge < -0.3 is 20.1 Å². The number of carbonyl (C=O) groups excluding carboxylic acids is 2. The molecule has 0 aliphatic heterocycles. The van der Waals surface area contributed by atoms with Crippen molar-refractivity contribution in [1.29, 1.82) is 0 Å². The quantitative estimate of drug-likeness (QED) is 0.391. The van der Waals surface area contributed by atoms with Gasteiger partial charge in [-0.2, -0.15) is 0 Å². The Morgan fingerprint density at radius 1 is 0.818 bits per heavy atom. The average Bonchev–Trinajstić information content (AvgIpc) is 2.83. The number of methoxy groups -OCH3 is 2. The lowest BCUT2D eigenvalue weighted by Gasteiger charge is -2.10. The van der Waals surface area contributed by atoms with E-state index >= 15 is 0 Å². The number of rotatable bonds is 9. The van der Waals surface area contributed by atoms with Crippen LogP contribution in [0.2, 0.25) is 0 Å². The zero-order valence-corrected chi connectivity index (χ0v) is 20.0. The van der Waals surface area contributed by atoms with E-state index in [-0.39, 0.29) is 11.8 Å². The molecule has 2 N–H and O–H groups in total. The summed E-state index contributed by atoms with van der Waals surface area (Å²) in [7, 11) is 3.07. The highest BCUT2D eigenvalue weighted by molar-refractivity contribution is 8.00. The molecule has 2 amide bonds. The number of amides is 2. The normalized spacial score (nSPS) is 10.6. The van der Waals surface area contributed by atoms with Crippen LogP contribution in [-0.4, -0.2) is 31.8 Å². The molecule has 0 aliphatic carbocycles. The molecule has 0 saturated carbocycles. The van der Waals surface area contributed by atoms with E-state index in [9.17, 15) is 9.59 Å². The van der Waals surface area contributed by atoms with Crippen LogP contribution in [0.25, 0.3) is 0 Å². The molecule has 33 heavy (non-hydrogen) atoms. The molecule has 0 aromatic heterocycles. The Morgan fingerprint density at radius 2 is 1.42 bits per heavy atom. The van der Waals surface area contributed by atoms with Crippen molar-refractivity contribution in [2.24, 2.45) is 0 Å². The molecule has 0 bridgehead atoms. The number of hydrogen-bond donors (Lipinski definition) is 2. The third-order valence-corrected chi connectivity index (χ3v) is 6.00. The summed E-state index contributed by atoms with van der Waals surface area (Å²) in [5, 5.41) is 5.78. The minimum Gasteiger partial charge on any atom is -0.493 e. The zero-order chi connectivity index (χ0) is 23.8. The number of nitrogens with one attached hydrogen (secondary N) is 2. The van der Waals surface area contributed by atoms with Gasteiger partial charge in [-0.15, -0.1) is 11.8 Å². The number of thioether (sulfide) groups is 1. The molecule has 7 heteroatoms. The van der Waals surface area contributed by atoms with Crippen molar-refractivity contribution in [3.63, 3.8) is 0 Å². The van der Waals surface area contributed by atoms with Crippen LogP contribution in [-0.2, 0) is 4.79 Å². The summed E-state index contributed by atoms with van der Waals surface area (Å²) >= 11 is 1.43. The van der Waals surface area contributed by atoms with Gasteiger partial charge >= 0.3 is 0 Å². The van der Waals surface area contributed by atoms with Gasteiger partial charge in [-0.3, -0.25) is 9.59 Å². The fourth-order valence-electron chi connectivity index (χ4n) is 3.11. The minimum absolute atomic E-state index is 0.0665. The van der Waals surface area contributed by atoms with Gasteiger partial charge in [0.15, 0.2) is 11.5 Å². The predicted octanol–water partition coefficient (Wildman–Crippen LogP) is 5.81. The van der Waals surface area contributed by atoms with Gasteiger partial charge in [0, 0.05) is 21.8 Å². The second kappa shape index (κ2) is 11.4. The van der Waals surface area contributed by atoms with Crippen LogP contribution in [0.5, 0.6) is 11.5 Å². The van der Waals surface area contributed by atoms with Crippen molar-refractivity contribution in [3.05, 3.63) is 77.9 Å². The number of carbonyl (C=O) groups is 2. The molecule has 0 fully saturated rings. The van der Waals surface area contributed by atoms with Crippen LogP contribution >= 0.6 is 11.8 Å². The number of hydrogen-bond acceptors (Lipinski definition) is 5. The van der Waals surface area contributed by atoms with E-state index in [2.05, 4.69) is 24.5 Å². The van der Waals surface area contributed by atoms with Crippen molar-refractivity contribution in [1.82, 2.24) is 0 Å². The summed E-state index contributed by atoms with van der Waals surface area (Å²) in [6.45, 7) is 4.27. The molecular weight excluding hydrogens is 436 g/mol. The van der Waals surface area contributed by atoms with Gasteiger partial charge in [-0.1, -0.05) is 26.0 Å². The first-order chi connectivity index (χ1) is 15.9. The molecule has 0 unspecified atom stereocenters. The van der Waals surface area contributed by atoms with Gasteiger partial charge in [-0.25, -0.2) is 0 Å². The maximum atomic E-state index is 12.5. The topological polar surface area (TPSA) is 76.7 Å². The number of benzene rings is 3. The Balaban J connectivity index is 1.51. The van der Waals surface area contributed by atoms with Crippen LogP contribution in [0.3, 0.4) is 0 Å². The molecule has 3 aromatic rings. The Hall–Kier alpha value is -3.45. The van der Waals surface area contributed by atoms with Crippen LogP contribution in [0.1, 0.15) is 35.7 Å². The van der Waals surface area contributed by atoms with Crippen molar-refractivity contribution < 1.29 is 19.1 Å². The highest BCUT2D eigenvalue weighted by Crippen LogP contribution is 2.28. The predicted molar refractivity (Wildman–Crippen MR) is 134 cm³/mol. The van der Waals surface area contributed by atoms with Gasteiger partial charge in [0.2, 0.25) is 5.91 Å². The molecular formula is C26H28N2O4S. The highest BCUT2D eigenvalue weighted by atomic mass is 32.2. The molecule has 0 heterocycles. The molecule has 3 aromatic carbocycles. The van der Waals surface area contributed by atoms with Gasteiger partial charge in [0.1, 0.15) is 0 Å². The second-order valence-corrected chi connectivity index (χ2v) is 8.71. The zero-order valence-electron chi connectivity index (χ0n) is 19.2. The second-order valence-electron chi connectivity index (χ2n) is 7.66. The largest absolute Gasteiger partial charge is 0.493 e. The van der Waals surface area contributed by atoms with E-state index in [1.807, 2.05) is 48.5 Å². The molecule has 0 atom stereocenters. The smallest absolute Gasteiger partial charge is 0.255 e. The highest BCUT2D eigenvalue weighted by Gasteiger charge is 2.11. The first-order valence-electron chi connectivity index (χ1n) is 10.6. The fourth-order valence-corrected chi connectivity index (χ4v) is 3.81. The van der Waals surface area contributed by atoms with Crippen LogP contribution in [0.4, 0.5) is 11.4 Å². The third kappa shape index (κ3) is 6.76. The monoisotopic (exact) mass is 464 g/mol. The van der Waals surface area contributed by atoms with E-state index in [0.717, 1.165) is 10.6 Å². The summed E-state index contributed by atoms with van der Waals surface area (Å²) in [5.74, 6) is 1.49. The van der Waals surface area contributed by atoms with Crippen LogP contribution in [0, 0.1) is 0 Å². The Kier molecular flexibility index (Phi) is 8.38. The standard InChI is InChI=1S/C26H28N2O4S/c1-17(2)18-5-8-20(9-6-18)27-25(29)16-33-22-12-10-21(11-13-22)28-26(30)19-7-14-23(31-3)24(15-19)32-4/h5-15,17H,16H2,1-4H3,(H,27,29)(H,28,30). The van der Waals surface area contributed by atoms with Gasteiger partial charge in [0.25, 0.3) is 5.91 Å². The van der Waals surface area contributed by atoms with E-state index in [1.54, 1.807) is 25.3 Å². The Labute approximate surface area is 198 Å². The van der Waals surface area contributed by atoms with Crippen molar-refractivity contribution in [3.8, 4) is 11.5 Å². The summed E-state index contributed by atoms with van der Waals surface area (Å²) < 4.78 is 10.5. The maximum absolute atomic E-state index is 12.5. The van der Waals surface area contributed by atoms with Crippen LogP contribution < -0.4 is 20.1 Å². The molecule has 0 spiro atoms. The summed E-state index contributed by atoms with van der Waals surface area (Å²) in [6.07, 6.45) is 0. The molecule has 6 nitrogen and oxygen atoms in total. The van der Waals surface area contributed by atoms with Crippen molar-refractivity contribution in [2.45, 2.75) is 24.7 Å². The van der Waals surface area contributed by atoms with Crippen molar-refractivity contribution >= 4 is 35.0 Å². The lowest BCUT2D eigenvalue weighted by Crippen LogP contribution is -2.14. The van der Waals surface area contributed by atoms with E-state index in [4.69, 9.17) is 9.47 Å². The summed E-state index contributed by atoms with van der Waals surface area (Å²) in [5.41, 5.74) is 3.15. The average molecular weight is 465 g/mol. The van der Waals surface area contributed by atoms with E-state index < -0.39 is 0 Å². The van der Waals surface area contributed by atoms with Crippen LogP contribution in [0.15, 0.2) is 71.6 Å². The minimum atomic E-state index is -0.251. The van der Waals surface area contributed by atoms with E-state index in [0.29, 0.717) is 34.4 Å². The molecule has 0 saturated heterocycles. The number of ether oxygens (including phenoxy) is 2. The number of anilines is 2. The lowest BCUT2D eigenvalue weighted by atomic mass is 10.0. The maximum Gasteiger partial charge on any atom is 0.255 e. The Bertz CT molecular complexity index is 1100. The van der Waals surface area contributed by atoms with Crippen molar-refractivity contribution in [2.75, 3.05) is 30.6 Å². The summed E-state index contributed by atoms with van der Waals surface area (Å²) in [6, 6.07) is 20.3. The molecule has 3 rings (SSSR count). The van der Waals surface area contributed by atoms with E-state index in [1.165, 1.54) is 24.4 Å². The summed E-state index contributed by atoms with van der Waals surface area (Å²) in [4.78, 5) is 25.7. The van der Waals surface area contributed by atoms with Gasteiger partial charge in [0.05, 0.1) is 20.0 Å². The Morgan fingerprint density at radius 3 is 2.03 bits per heavy atom. The first kappa shape index (κ1) is 24.2. The SMILES string of the molecule is COc1ccc(C(=O)Nc2ccc(SCC(=O)Nc3ccc(C(C)C)cc3)cc2)cc1OC. The fraction of sp³-hybridized carbons (Fsp3) is 0.231. The molecule has 0 radical (unpaired) electrons. The third-order valence-electron chi connectivity index (χ3n) is 4.99. The van der Waals surface area contributed by atoms with Gasteiger partial charge in [-0.05, 0) is 66.1 Å².